The van der Waals surface area contributed by atoms with Crippen LogP contribution in [0.3, 0.4) is 0 Å². The van der Waals surface area contributed by atoms with Crippen molar-refractivity contribution in [2.45, 2.75) is 45.2 Å². The maximum absolute atomic E-state index is 12.1. The molecule has 1 saturated heterocycles. The minimum Gasteiger partial charge on any atom is -0.341 e. The molecule has 2 amide bonds. The van der Waals surface area contributed by atoms with Gasteiger partial charge in [-0.25, -0.2) is 4.79 Å². The highest BCUT2D eigenvalue weighted by Crippen LogP contribution is 2.32. The number of piperidine rings is 1. The van der Waals surface area contributed by atoms with Crippen molar-refractivity contribution >= 4 is 44.9 Å². The van der Waals surface area contributed by atoms with Crippen molar-refractivity contribution in [2.75, 3.05) is 15.5 Å². The van der Waals surface area contributed by atoms with E-state index < -0.39 is 0 Å². The van der Waals surface area contributed by atoms with E-state index in [0.717, 1.165) is 18.0 Å². The molecule has 8 heteroatoms. The van der Waals surface area contributed by atoms with Gasteiger partial charge in [-0.15, -0.1) is 10.2 Å². The molecule has 0 radical (unpaired) electrons. The molecule has 2 N–H and O–H groups in total. The molecule has 128 valence electrons. The number of nitrogens with one attached hydrogen (secondary N) is 2. The number of rotatable bonds is 3. The molecule has 0 spiro atoms. The summed E-state index contributed by atoms with van der Waals surface area (Å²) < 4.78 is 0. The summed E-state index contributed by atoms with van der Waals surface area (Å²) in [5, 5.41) is 15.6. The van der Waals surface area contributed by atoms with E-state index in [2.05, 4.69) is 39.6 Å². The van der Waals surface area contributed by atoms with Gasteiger partial charge in [-0.05, 0) is 45.2 Å². The monoisotopic (exact) mass is 365 g/mol. The van der Waals surface area contributed by atoms with Crippen molar-refractivity contribution in [1.82, 2.24) is 10.2 Å². The second-order valence-electron chi connectivity index (χ2n) is 5.98. The molecular formula is C16H20ClN5OS. The summed E-state index contributed by atoms with van der Waals surface area (Å²) in [4.78, 5) is 14.4. The van der Waals surface area contributed by atoms with Gasteiger partial charge in [0.25, 0.3) is 0 Å². The van der Waals surface area contributed by atoms with Gasteiger partial charge in [0, 0.05) is 12.1 Å². The lowest BCUT2D eigenvalue weighted by Gasteiger charge is -2.38. The summed E-state index contributed by atoms with van der Waals surface area (Å²) in [5.41, 5.74) is 0.555. The van der Waals surface area contributed by atoms with Gasteiger partial charge in [0.1, 0.15) is 0 Å². The van der Waals surface area contributed by atoms with Crippen LogP contribution in [0.15, 0.2) is 24.3 Å². The first kappa shape index (κ1) is 17.0. The fourth-order valence-corrected chi connectivity index (χ4v) is 4.11. The van der Waals surface area contributed by atoms with Crippen molar-refractivity contribution in [2.24, 2.45) is 0 Å². The van der Waals surface area contributed by atoms with E-state index >= 15 is 0 Å². The van der Waals surface area contributed by atoms with Gasteiger partial charge in [0.15, 0.2) is 0 Å². The van der Waals surface area contributed by atoms with E-state index in [1.165, 1.54) is 17.8 Å². The molecule has 1 aromatic carbocycles. The maximum atomic E-state index is 12.1. The number of carbonyl (C=O) groups excluding carboxylic acids is 1. The second kappa shape index (κ2) is 7.36. The van der Waals surface area contributed by atoms with Crippen LogP contribution in [0.4, 0.5) is 20.7 Å². The Bertz CT molecular complexity index is 712. The highest BCUT2D eigenvalue weighted by Gasteiger charge is 2.27. The number of amides is 2. The van der Waals surface area contributed by atoms with Crippen LogP contribution in [0, 0.1) is 0 Å². The Kier molecular flexibility index (Phi) is 5.20. The largest absolute Gasteiger partial charge is 0.341 e. The van der Waals surface area contributed by atoms with Crippen LogP contribution in [0.5, 0.6) is 0 Å². The molecule has 2 aromatic rings. The number of nitrogens with zero attached hydrogens (tertiary/aromatic N) is 3. The van der Waals surface area contributed by atoms with E-state index in [9.17, 15) is 4.79 Å². The van der Waals surface area contributed by atoms with E-state index in [4.69, 9.17) is 11.6 Å². The number of aromatic nitrogens is 2. The first-order valence-electron chi connectivity index (χ1n) is 7.99. The fourth-order valence-electron chi connectivity index (χ4n) is 2.98. The van der Waals surface area contributed by atoms with Gasteiger partial charge in [0.05, 0.1) is 10.7 Å². The first-order valence-corrected chi connectivity index (χ1v) is 9.18. The molecule has 1 fully saturated rings. The molecule has 1 aliphatic rings. The SMILES string of the molecule is CC1CCCC(C)N1c1nnc(NC(=O)Nc2ccccc2Cl)s1. The number of para-hydroxylation sites is 1. The number of benzene rings is 1. The summed E-state index contributed by atoms with van der Waals surface area (Å²) in [6.07, 6.45) is 3.54. The van der Waals surface area contributed by atoms with Crippen molar-refractivity contribution < 1.29 is 4.79 Å². The third-order valence-electron chi connectivity index (χ3n) is 4.17. The van der Waals surface area contributed by atoms with Crippen LogP contribution < -0.4 is 15.5 Å². The quantitative estimate of drug-likeness (QED) is 0.833. The molecule has 1 aliphatic heterocycles. The lowest BCUT2D eigenvalue weighted by atomic mass is 9.98. The molecule has 1 aromatic heterocycles. The Labute approximate surface area is 150 Å². The third kappa shape index (κ3) is 3.79. The number of urea groups is 1. The smallest absolute Gasteiger partial charge is 0.325 e. The molecule has 3 rings (SSSR count). The van der Waals surface area contributed by atoms with Gasteiger partial charge in [-0.1, -0.05) is 35.1 Å². The molecule has 6 nitrogen and oxygen atoms in total. The van der Waals surface area contributed by atoms with Crippen LogP contribution in [0.2, 0.25) is 5.02 Å². The molecular weight excluding hydrogens is 346 g/mol. The molecule has 0 aliphatic carbocycles. The number of carbonyl (C=O) groups is 1. The summed E-state index contributed by atoms with van der Waals surface area (Å²) in [6, 6.07) is 7.57. The molecule has 2 atom stereocenters. The van der Waals surface area contributed by atoms with E-state index in [-0.39, 0.29) is 6.03 Å². The van der Waals surface area contributed by atoms with Gasteiger partial charge in [-0.2, -0.15) is 0 Å². The van der Waals surface area contributed by atoms with Gasteiger partial charge < -0.3 is 10.2 Å². The number of hydrogen-bond acceptors (Lipinski definition) is 5. The Morgan fingerprint density at radius 2 is 1.92 bits per heavy atom. The normalized spacial score (nSPS) is 20.7. The average molecular weight is 366 g/mol. The predicted octanol–water partition coefficient (Wildman–Crippen LogP) is 4.60. The van der Waals surface area contributed by atoms with Crippen LogP contribution >= 0.6 is 22.9 Å². The zero-order valence-corrected chi connectivity index (χ0v) is 15.2. The number of hydrogen-bond donors (Lipinski definition) is 2. The van der Waals surface area contributed by atoms with Crippen molar-refractivity contribution in [3.05, 3.63) is 29.3 Å². The van der Waals surface area contributed by atoms with Gasteiger partial charge in [-0.3, -0.25) is 5.32 Å². The Morgan fingerprint density at radius 1 is 1.21 bits per heavy atom. The summed E-state index contributed by atoms with van der Waals surface area (Å²) in [6.45, 7) is 4.41. The Balaban J connectivity index is 1.65. The lowest BCUT2D eigenvalue weighted by Crippen LogP contribution is -2.43. The van der Waals surface area contributed by atoms with Crippen molar-refractivity contribution in [3.63, 3.8) is 0 Å². The zero-order valence-electron chi connectivity index (χ0n) is 13.6. The first-order chi connectivity index (χ1) is 11.5. The van der Waals surface area contributed by atoms with Gasteiger partial charge in [0.2, 0.25) is 10.3 Å². The van der Waals surface area contributed by atoms with Gasteiger partial charge >= 0.3 is 6.03 Å². The van der Waals surface area contributed by atoms with Crippen LogP contribution in [0.1, 0.15) is 33.1 Å². The average Bonchev–Trinajstić information content (AvgIpc) is 2.97. The topological polar surface area (TPSA) is 70.2 Å². The standard InChI is InChI=1S/C16H20ClN5OS/c1-10-6-5-7-11(2)22(10)16-21-20-15(24-16)19-14(23)18-13-9-4-3-8-12(13)17/h3-4,8-11H,5-7H2,1-2H3,(H2,18,19,20,23). The molecule has 0 saturated carbocycles. The second-order valence-corrected chi connectivity index (χ2v) is 7.35. The minimum atomic E-state index is -0.384. The Morgan fingerprint density at radius 3 is 2.62 bits per heavy atom. The van der Waals surface area contributed by atoms with E-state index in [0.29, 0.717) is 27.9 Å². The number of halogens is 1. The molecule has 2 heterocycles. The van der Waals surface area contributed by atoms with E-state index in [1.54, 1.807) is 12.1 Å². The molecule has 2 unspecified atom stereocenters. The summed E-state index contributed by atoms with van der Waals surface area (Å²) in [7, 11) is 0. The highest BCUT2D eigenvalue weighted by molar-refractivity contribution is 7.19. The van der Waals surface area contributed by atoms with Crippen LogP contribution in [-0.2, 0) is 0 Å². The highest BCUT2D eigenvalue weighted by atomic mass is 35.5. The minimum absolute atomic E-state index is 0.384. The van der Waals surface area contributed by atoms with Crippen molar-refractivity contribution in [1.29, 1.82) is 0 Å². The predicted molar refractivity (Wildman–Crippen MR) is 99.3 cm³/mol. The van der Waals surface area contributed by atoms with E-state index in [1.807, 2.05) is 12.1 Å². The fraction of sp³-hybridized carbons (Fsp3) is 0.438. The lowest BCUT2D eigenvalue weighted by molar-refractivity contribution is 0.262. The van der Waals surface area contributed by atoms with Crippen LogP contribution in [0.25, 0.3) is 0 Å². The molecule has 24 heavy (non-hydrogen) atoms. The maximum Gasteiger partial charge on any atom is 0.325 e. The summed E-state index contributed by atoms with van der Waals surface area (Å²) >= 11 is 7.42. The van der Waals surface area contributed by atoms with Crippen LogP contribution in [-0.4, -0.2) is 28.3 Å². The summed E-state index contributed by atoms with van der Waals surface area (Å²) in [5.74, 6) is 0. The molecule has 0 bridgehead atoms. The number of anilines is 3. The Hall–Kier alpha value is -1.86. The zero-order chi connectivity index (χ0) is 17.1. The van der Waals surface area contributed by atoms with Crippen molar-refractivity contribution in [3.8, 4) is 0 Å². The third-order valence-corrected chi connectivity index (χ3v) is 5.35.